The number of anilines is 1. The number of benzene rings is 1. The van der Waals surface area contributed by atoms with Gasteiger partial charge in [0.1, 0.15) is 5.75 Å². The number of piperazine rings is 1. The van der Waals surface area contributed by atoms with Crippen molar-refractivity contribution >= 4 is 17.6 Å². The van der Waals surface area contributed by atoms with Crippen LogP contribution in [-0.4, -0.2) is 90.9 Å². The van der Waals surface area contributed by atoms with Crippen molar-refractivity contribution in [1.82, 2.24) is 20.0 Å². The van der Waals surface area contributed by atoms with Gasteiger partial charge in [-0.25, -0.2) is 0 Å². The molecule has 2 saturated heterocycles. The van der Waals surface area contributed by atoms with Gasteiger partial charge in [-0.2, -0.15) is 0 Å². The first-order chi connectivity index (χ1) is 17.1. The van der Waals surface area contributed by atoms with Gasteiger partial charge in [0, 0.05) is 50.8 Å². The maximum Gasteiger partial charge on any atom is 0.242 e. The van der Waals surface area contributed by atoms with Crippen molar-refractivity contribution in [2.75, 3.05) is 57.9 Å². The van der Waals surface area contributed by atoms with Crippen molar-refractivity contribution in [3.05, 3.63) is 36.4 Å². The molecule has 1 aromatic heterocycles. The molecular formula is C26H33N5O4. The molecule has 2 aliphatic heterocycles. The number of methoxy groups -OCH3 is 1. The Morgan fingerprint density at radius 3 is 2.57 bits per heavy atom. The fourth-order valence-corrected chi connectivity index (χ4v) is 4.73. The summed E-state index contributed by atoms with van der Waals surface area (Å²) in [4.78, 5) is 31.6. The second-order valence-electron chi connectivity index (χ2n) is 9.50. The zero-order chi connectivity index (χ0) is 24.2. The Hall–Kier alpha value is -3.20. The number of nitrogens with zero attached hydrogens (tertiary/aromatic N) is 5. The summed E-state index contributed by atoms with van der Waals surface area (Å²) < 4.78 is 11.0. The highest BCUT2D eigenvalue weighted by molar-refractivity contribution is 5.87. The lowest BCUT2D eigenvalue weighted by Crippen LogP contribution is -2.53. The molecule has 1 saturated carbocycles. The van der Waals surface area contributed by atoms with Gasteiger partial charge in [-0.1, -0.05) is 12.1 Å². The molecule has 35 heavy (non-hydrogen) atoms. The summed E-state index contributed by atoms with van der Waals surface area (Å²) in [6.45, 7) is 3.98. The van der Waals surface area contributed by atoms with Crippen LogP contribution >= 0.6 is 0 Å². The van der Waals surface area contributed by atoms with E-state index in [0.717, 1.165) is 55.1 Å². The third-order valence-corrected chi connectivity index (χ3v) is 6.98. The summed E-state index contributed by atoms with van der Waals surface area (Å²) in [5, 5.41) is 8.82. The molecular weight excluding hydrogens is 446 g/mol. The zero-order valence-electron chi connectivity index (χ0n) is 20.3. The number of carbonyl (C=O) groups is 2. The first-order valence-corrected chi connectivity index (χ1v) is 12.5. The van der Waals surface area contributed by atoms with E-state index in [-0.39, 0.29) is 30.4 Å². The van der Waals surface area contributed by atoms with Crippen molar-refractivity contribution in [1.29, 1.82) is 0 Å². The summed E-state index contributed by atoms with van der Waals surface area (Å²) in [5.74, 6) is 1.80. The quantitative estimate of drug-likeness (QED) is 0.574. The molecule has 3 heterocycles. The summed E-state index contributed by atoms with van der Waals surface area (Å²) in [6, 6.07) is 11.7. The van der Waals surface area contributed by atoms with Crippen LogP contribution in [0.2, 0.25) is 0 Å². The molecule has 2 aromatic rings. The molecule has 1 aliphatic carbocycles. The zero-order valence-corrected chi connectivity index (χ0v) is 20.3. The predicted molar refractivity (Wildman–Crippen MR) is 131 cm³/mol. The lowest BCUT2D eigenvalue weighted by molar-refractivity contribution is -0.142. The first-order valence-electron chi connectivity index (χ1n) is 12.5. The van der Waals surface area contributed by atoms with E-state index in [9.17, 15) is 9.59 Å². The normalized spacial score (nSPS) is 20.1. The highest BCUT2D eigenvalue weighted by Crippen LogP contribution is 2.31. The summed E-state index contributed by atoms with van der Waals surface area (Å²) in [7, 11) is 1.64. The maximum absolute atomic E-state index is 13.1. The Morgan fingerprint density at radius 2 is 1.91 bits per heavy atom. The molecule has 5 rings (SSSR count). The average molecular weight is 480 g/mol. The topological polar surface area (TPSA) is 88.1 Å². The Labute approximate surface area is 206 Å². The van der Waals surface area contributed by atoms with E-state index in [2.05, 4.69) is 15.1 Å². The van der Waals surface area contributed by atoms with Crippen molar-refractivity contribution in [2.24, 2.45) is 5.92 Å². The molecule has 9 nitrogen and oxygen atoms in total. The van der Waals surface area contributed by atoms with Gasteiger partial charge < -0.3 is 24.2 Å². The molecule has 0 unspecified atom stereocenters. The smallest absolute Gasteiger partial charge is 0.242 e. The average Bonchev–Trinajstić information content (AvgIpc) is 3.64. The number of aromatic nitrogens is 2. The molecule has 2 amide bonds. The minimum atomic E-state index is 0.0103. The third-order valence-electron chi connectivity index (χ3n) is 6.98. The molecule has 1 atom stereocenters. The van der Waals surface area contributed by atoms with E-state index in [0.29, 0.717) is 32.7 Å². The Morgan fingerprint density at radius 1 is 1.09 bits per heavy atom. The van der Waals surface area contributed by atoms with Gasteiger partial charge in [0.2, 0.25) is 11.8 Å². The van der Waals surface area contributed by atoms with Gasteiger partial charge in [0.25, 0.3) is 0 Å². The fraction of sp³-hybridized carbons (Fsp3) is 0.538. The number of ether oxygens (including phenoxy) is 2. The van der Waals surface area contributed by atoms with Gasteiger partial charge in [0.05, 0.1) is 25.5 Å². The Bertz CT molecular complexity index is 1030. The van der Waals surface area contributed by atoms with Crippen LogP contribution in [0.1, 0.15) is 25.7 Å². The van der Waals surface area contributed by atoms with Crippen LogP contribution in [0.4, 0.5) is 5.82 Å². The van der Waals surface area contributed by atoms with E-state index in [1.54, 1.807) is 12.0 Å². The standard InChI is InChI=1S/C26H33N5O4/c1-34-21-5-2-4-20(16-21)23-9-10-24(28-27-23)29-11-13-30(14-12-29)25(32)18-31(26(33)19-7-8-19)17-22-6-3-15-35-22/h2,4-5,9-10,16,19,22H,3,6-8,11-15,17-18H2,1H3/t22-/m1/s1. The molecule has 3 fully saturated rings. The second-order valence-corrected chi connectivity index (χ2v) is 9.50. The molecule has 1 aromatic carbocycles. The van der Waals surface area contributed by atoms with Crippen molar-refractivity contribution in [2.45, 2.75) is 31.8 Å². The van der Waals surface area contributed by atoms with Gasteiger partial charge in [0.15, 0.2) is 5.82 Å². The Kier molecular flexibility index (Phi) is 7.13. The summed E-state index contributed by atoms with van der Waals surface area (Å²) >= 11 is 0. The molecule has 9 heteroatoms. The lowest BCUT2D eigenvalue weighted by Gasteiger charge is -2.36. The van der Waals surface area contributed by atoms with Gasteiger partial charge in [-0.15, -0.1) is 10.2 Å². The molecule has 0 N–H and O–H groups in total. The molecule has 0 radical (unpaired) electrons. The molecule has 0 spiro atoms. The van der Waals surface area contributed by atoms with Gasteiger partial charge in [-0.05, 0) is 49.9 Å². The fourth-order valence-electron chi connectivity index (χ4n) is 4.73. The van der Waals surface area contributed by atoms with Crippen molar-refractivity contribution in [3.8, 4) is 17.0 Å². The number of rotatable bonds is 8. The highest BCUT2D eigenvalue weighted by atomic mass is 16.5. The van der Waals surface area contributed by atoms with Crippen molar-refractivity contribution in [3.63, 3.8) is 0 Å². The number of hydrogen-bond donors (Lipinski definition) is 0. The third kappa shape index (κ3) is 5.73. The van der Waals surface area contributed by atoms with Crippen molar-refractivity contribution < 1.29 is 19.1 Å². The Balaban J connectivity index is 1.15. The number of amides is 2. The summed E-state index contributed by atoms with van der Waals surface area (Å²) in [6.07, 6.45) is 3.91. The molecule has 0 bridgehead atoms. The number of carbonyl (C=O) groups excluding carboxylic acids is 2. The van der Waals surface area contributed by atoms with Gasteiger partial charge >= 0.3 is 0 Å². The summed E-state index contributed by atoms with van der Waals surface area (Å²) in [5.41, 5.74) is 1.74. The van der Waals surface area contributed by atoms with E-state index >= 15 is 0 Å². The minimum Gasteiger partial charge on any atom is -0.497 e. The van der Waals surface area contributed by atoms with Crippen LogP contribution in [0.3, 0.4) is 0 Å². The van der Waals surface area contributed by atoms with E-state index in [1.807, 2.05) is 41.3 Å². The highest BCUT2D eigenvalue weighted by Gasteiger charge is 2.36. The van der Waals surface area contributed by atoms with E-state index in [1.165, 1.54) is 0 Å². The van der Waals surface area contributed by atoms with Crippen LogP contribution in [0.25, 0.3) is 11.3 Å². The SMILES string of the molecule is COc1cccc(-c2ccc(N3CCN(C(=O)CN(C[C@H]4CCCO4)C(=O)C4CC4)CC3)nn2)c1. The van der Waals surface area contributed by atoms with Crippen LogP contribution in [-0.2, 0) is 14.3 Å². The first kappa shape index (κ1) is 23.5. The van der Waals surface area contributed by atoms with E-state index < -0.39 is 0 Å². The van der Waals surface area contributed by atoms with Crippen LogP contribution in [0.15, 0.2) is 36.4 Å². The monoisotopic (exact) mass is 479 g/mol. The largest absolute Gasteiger partial charge is 0.497 e. The van der Waals surface area contributed by atoms with Crippen LogP contribution in [0.5, 0.6) is 5.75 Å². The number of hydrogen-bond acceptors (Lipinski definition) is 7. The second kappa shape index (κ2) is 10.6. The minimum absolute atomic E-state index is 0.0103. The lowest BCUT2D eigenvalue weighted by atomic mass is 10.1. The predicted octanol–water partition coefficient (Wildman–Crippen LogP) is 2.22. The maximum atomic E-state index is 13.1. The molecule has 186 valence electrons. The van der Waals surface area contributed by atoms with Crippen LogP contribution < -0.4 is 9.64 Å². The van der Waals surface area contributed by atoms with Crippen LogP contribution in [0, 0.1) is 5.92 Å². The molecule has 3 aliphatic rings. The van der Waals surface area contributed by atoms with Gasteiger partial charge in [-0.3, -0.25) is 9.59 Å². The van der Waals surface area contributed by atoms with E-state index in [4.69, 9.17) is 9.47 Å².